The van der Waals surface area contributed by atoms with E-state index < -0.39 is 10.0 Å². The third kappa shape index (κ3) is 6.11. The van der Waals surface area contributed by atoms with Gasteiger partial charge in [-0.2, -0.15) is 5.10 Å². The fourth-order valence-corrected chi connectivity index (χ4v) is 4.64. The van der Waals surface area contributed by atoms with E-state index >= 15 is 0 Å². The zero-order valence-electron chi connectivity index (χ0n) is 19.1. The second-order valence-electron chi connectivity index (χ2n) is 7.91. The fraction of sp³-hybridized carbons (Fsp3) is 0.111. The van der Waals surface area contributed by atoms with Crippen molar-refractivity contribution in [2.75, 3.05) is 6.54 Å². The molecule has 4 aromatic rings. The van der Waals surface area contributed by atoms with Crippen LogP contribution in [0.4, 0.5) is 0 Å². The average molecular weight is 487 g/mol. The molecule has 35 heavy (non-hydrogen) atoms. The van der Waals surface area contributed by atoms with Crippen molar-refractivity contribution in [1.82, 2.24) is 19.8 Å². The van der Waals surface area contributed by atoms with E-state index in [4.69, 9.17) is 0 Å². The molecule has 0 radical (unpaired) electrons. The van der Waals surface area contributed by atoms with Crippen molar-refractivity contribution in [2.24, 2.45) is 0 Å². The minimum absolute atomic E-state index is 0.0947. The van der Waals surface area contributed by atoms with Gasteiger partial charge in [-0.3, -0.25) is 9.48 Å². The molecule has 0 bridgehead atoms. The number of sulfonamides is 1. The predicted molar refractivity (Wildman–Crippen MR) is 136 cm³/mol. The van der Waals surface area contributed by atoms with Crippen molar-refractivity contribution < 1.29 is 13.2 Å². The lowest BCUT2D eigenvalue weighted by atomic mass is 9.98. The van der Waals surface area contributed by atoms with E-state index in [2.05, 4.69) is 46.0 Å². The van der Waals surface area contributed by atoms with Crippen molar-refractivity contribution >= 4 is 15.9 Å². The van der Waals surface area contributed by atoms with Crippen LogP contribution in [0.3, 0.4) is 0 Å². The highest BCUT2D eigenvalue weighted by Crippen LogP contribution is 2.24. The van der Waals surface area contributed by atoms with Gasteiger partial charge in [-0.25, -0.2) is 13.1 Å². The number of nitrogens with zero attached hydrogens (tertiary/aromatic N) is 2. The Bertz CT molecular complexity index is 1400. The molecule has 0 aliphatic carbocycles. The van der Waals surface area contributed by atoms with E-state index in [9.17, 15) is 13.2 Å². The first-order valence-corrected chi connectivity index (χ1v) is 12.6. The molecule has 7 nitrogen and oxygen atoms in total. The van der Waals surface area contributed by atoms with E-state index in [0.717, 1.165) is 22.3 Å². The summed E-state index contributed by atoms with van der Waals surface area (Å²) in [6, 6.07) is 23.9. The van der Waals surface area contributed by atoms with Gasteiger partial charge in [-0.05, 0) is 52.6 Å². The second-order valence-corrected chi connectivity index (χ2v) is 9.67. The van der Waals surface area contributed by atoms with E-state index in [0.29, 0.717) is 18.7 Å². The van der Waals surface area contributed by atoms with Crippen LogP contribution in [-0.4, -0.2) is 30.7 Å². The number of amides is 1. The van der Waals surface area contributed by atoms with Crippen LogP contribution in [0.25, 0.3) is 11.1 Å². The normalized spacial score (nSPS) is 11.2. The predicted octanol–water partition coefficient (Wildman–Crippen LogP) is 3.99. The first kappa shape index (κ1) is 24.1. The first-order chi connectivity index (χ1) is 17.0. The lowest BCUT2D eigenvalue weighted by Gasteiger charge is -2.12. The third-order valence-corrected chi connectivity index (χ3v) is 6.91. The van der Waals surface area contributed by atoms with Gasteiger partial charge >= 0.3 is 0 Å². The number of carbonyl (C=O) groups is 1. The fourth-order valence-electron chi connectivity index (χ4n) is 3.64. The lowest BCUT2D eigenvalue weighted by Crippen LogP contribution is -2.25. The van der Waals surface area contributed by atoms with Gasteiger partial charge in [0.2, 0.25) is 10.0 Å². The highest BCUT2D eigenvalue weighted by atomic mass is 32.2. The highest BCUT2D eigenvalue weighted by molar-refractivity contribution is 7.89. The second kappa shape index (κ2) is 10.9. The number of hydrogen-bond acceptors (Lipinski definition) is 4. The SMILES string of the molecule is C=CCNS(=O)(=O)c1ccc(C(=O)NCc2ccccc2-c2ccc(Cn3cccn3)cc2)cc1. The van der Waals surface area contributed by atoms with Crippen molar-refractivity contribution in [1.29, 1.82) is 0 Å². The maximum atomic E-state index is 12.7. The van der Waals surface area contributed by atoms with Gasteiger partial charge in [0.1, 0.15) is 0 Å². The molecule has 0 aliphatic heterocycles. The summed E-state index contributed by atoms with van der Waals surface area (Å²) in [5.74, 6) is -0.280. The molecule has 0 aliphatic rings. The van der Waals surface area contributed by atoms with Crippen LogP contribution < -0.4 is 10.0 Å². The van der Waals surface area contributed by atoms with E-state index in [1.807, 2.05) is 41.2 Å². The Morgan fingerprint density at radius 2 is 1.71 bits per heavy atom. The van der Waals surface area contributed by atoms with Gasteiger partial charge in [0, 0.05) is 31.0 Å². The maximum Gasteiger partial charge on any atom is 0.251 e. The summed E-state index contributed by atoms with van der Waals surface area (Å²) in [5, 5.41) is 7.17. The van der Waals surface area contributed by atoms with Crippen molar-refractivity contribution in [2.45, 2.75) is 18.0 Å². The Kier molecular flexibility index (Phi) is 7.54. The van der Waals surface area contributed by atoms with Gasteiger partial charge in [-0.15, -0.1) is 6.58 Å². The van der Waals surface area contributed by atoms with Gasteiger partial charge in [-0.1, -0.05) is 54.6 Å². The highest BCUT2D eigenvalue weighted by Gasteiger charge is 2.14. The standard InChI is InChI=1S/C27H26N4O3S/c1-2-16-30-35(33,34)25-14-12-23(13-15-25)27(32)28-19-24-6-3-4-7-26(24)22-10-8-21(9-11-22)20-31-18-5-17-29-31/h2-15,17-18,30H,1,16,19-20H2,(H,28,32). The molecular weight excluding hydrogens is 460 g/mol. The van der Waals surface area contributed by atoms with Gasteiger partial charge in [0.05, 0.1) is 11.4 Å². The monoisotopic (exact) mass is 486 g/mol. The van der Waals surface area contributed by atoms with Crippen LogP contribution in [0.1, 0.15) is 21.5 Å². The van der Waals surface area contributed by atoms with Crippen LogP contribution >= 0.6 is 0 Å². The summed E-state index contributed by atoms with van der Waals surface area (Å²) in [6.45, 7) is 4.68. The molecule has 4 rings (SSSR count). The molecule has 1 aromatic heterocycles. The quantitative estimate of drug-likeness (QED) is 0.332. The average Bonchev–Trinajstić information content (AvgIpc) is 3.40. The van der Waals surface area contributed by atoms with Crippen LogP contribution in [0.2, 0.25) is 0 Å². The summed E-state index contributed by atoms with van der Waals surface area (Å²) in [6.07, 6.45) is 5.15. The van der Waals surface area contributed by atoms with Gasteiger partial charge in [0.15, 0.2) is 0 Å². The number of rotatable bonds is 10. The summed E-state index contributed by atoms with van der Waals surface area (Å²) >= 11 is 0. The first-order valence-electron chi connectivity index (χ1n) is 11.1. The number of carbonyl (C=O) groups excluding carboxylic acids is 1. The zero-order valence-corrected chi connectivity index (χ0v) is 19.9. The summed E-state index contributed by atoms with van der Waals surface area (Å²) in [4.78, 5) is 12.8. The molecule has 1 amide bonds. The Hall–Kier alpha value is -4.01. The Morgan fingerprint density at radius 1 is 0.971 bits per heavy atom. The van der Waals surface area contributed by atoms with E-state index in [-0.39, 0.29) is 17.3 Å². The van der Waals surface area contributed by atoms with Crippen LogP contribution in [0.15, 0.2) is 109 Å². The summed E-state index contributed by atoms with van der Waals surface area (Å²) in [7, 11) is -3.63. The van der Waals surface area contributed by atoms with E-state index in [1.165, 1.54) is 30.3 Å². The molecule has 178 valence electrons. The lowest BCUT2D eigenvalue weighted by molar-refractivity contribution is 0.0951. The van der Waals surface area contributed by atoms with Crippen molar-refractivity contribution in [3.8, 4) is 11.1 Å². The molecule has 0 saturated carbocycles. The number of hydrogen-bond donors (Lipinski definition) is 2. The zero-order chi connectivity index (χ0) is 24.7. The Morgan fingerprint density at radius 3 is 2.40 bits per heavy atom. The molecule has 2 N–H and O–H groups in total. The molecule has 0 saturated heterocycles. The van der Waals surface area contributed by atoms with E-state index in [1.54, 1.807) is 6.20 Å². The maximum absolute atomic E-state index is 12.7. The molecule has 0 spiro atoms. The molecule has 0 atom stereocenters. The Balaban J connectivity index is 1.42. The third-order valence-electron chi connectivity index (χ3n) is 5.47. The smallest absolute Gasteiger partial charge is 0.251 e. The van der Waals surface area contributed by atoms with Crippen LogP contribution in [0, 0.1) is 0 Å². The largest absolute Gasteiger partial charge is 0.348 e. The number of nitrogens with one attached hydrogen (secondary N) is 2. The minimum atomic E-state index is -3.63. The topological polar surface area (TPSA) is 93.1 Å². The molecule has 3 aromatic carbocycles. The van der Waals surface area contributed by atoms with Crippen LogP contribution in [-0.2, 0) is 23.1 Å². The summed E-state index contributed by atoms with van der Waals surface area (Å²) in [5.41, 5.74) is 4.60. The molecular formula is C27H26N4O3S. The van der Waals surface area contributed by atoms with Gasteiger partial charge < -0.3 is 5.32 Å². The van der Waals surface area contributed by atoms with Crippen molar-refractivity contribution in [3.05, 3.63) is 121 Å². The van der Waals surface area contributed by atoms with Crippen molar-refractivity contribution in [3.63, 3.8) is 0 Å². The molecule has 1 heterocycles. The minimum Gasteiger partial charge on any atom is -0.348 e. The molecule has 8 heteroatoms. The van der Waals surface area contributed by atoms with Crippen LogP contribution in [0.5, 0.6) is 0 Å². The Labute approximate surface area is 205 Å². The number of aromatic nitrogens is 2. The number of benzene rings is 3. The van der Waals surface area contributed by atoms with Gasteiger partial charge in [0.25, 0.3) is 5.91 Å². The molecule has 0 fully saturated rings. The molecule has 0 unspecified atom stereocenters. The summed E-state index contributed by atoms with van der Waals surface area (Å²) < 4.78 is 28.7.